The van der Waals surface area contributed by atoms with Gasteiger partial charge in [0, 0.05) is 45.5 Å². The number of hydrogen-bond donors (Lipinski definition) is 2. The van der Waals surface area contributed by atoms with Gasteiger partial charge < -0.3 is 15.5 Å². The fourth-order valence-corrected chi connectivity index (χ4v) is 2.47. The largest absolute Gasteiger partial charge is 0.363 e. The third-order valence-electron chi connectivity index (χ3n) is 3.60. The van der Waals surface area contributed by atoms with E-state index in [-0.39, 0.29) is 0 Å². The van der Waals surface area contributed by atoms with Crippen LogP contribution in [0.4, 0.5) is 5.82 Å². The molecule has 0 saturated carbocycles. The summed E-state index contributed by atoms with van der Waals surface area (Å²) in [5.74, 6) is 1.71. The molecule has 2 rings (SSSR count). The highest BCUT2D eigenvalue weighted by Crippen LogP contribution is 2.14. The monoisotopic (exact) mass is 345 g/mol. The number of aromatic nitrogens is 1. The maximum absolute atomic E-state index is 6.17. The molecule has 0 spiro atoms. The highest BCUT2D eigenvalue weighted by Gasteiger charge is 2.03. The molecule has 24 heavy (non-hydrogen) atoms. The number of guanidine groups is 1. The standard InChI is InChI=1S/C18H24ClN5/c1-20-18(22-11-9-15-6-4-5-7-16(15)19)23-13-14-8-10-21-17(12-14)24(2)3/h4-8,10,12H,9,11,13H2,1-3H3,(H2,20,22,23). The Hall–Kier alpha value is -2.27. The summed E-state index contributed by atoms with van der Waals surface area (Å²) in [6.07, 6.45) is 2.67. The number of rotatable bonds is 6. The lowest BCUT2D eigenvalue weighted by atomic mass is 10.1. The smallest absolute Gasteiger partial charge is 0.191 e. The molecule has 0 saturated heterocycles. The second-order valence-corrected chi connectivity index (χ2v) is 6.02. The quantitative estimate of drug-likeness (QED) is 0.624. The van der Waals surface area contributed by atoms with Crippen LogP contribution in [0.15, 0.2) is 47.6 Å². The number of pyridine rings is 1. The maximum Gasteiger partial charge on any atom is 0.191 e. The molecule has 2 aromatic rings. The van der Waals surface area contributed by atoms with Gasteiger partial charge in [-0.25, -0.2) is 4.98 Å². The van der Waals surface area contributed by atoms with E-state index in [1.807, 2.05) is 55.5 Å². The molecule has 0 fully saturated rings. The van der Waals surface area contributed by atoms with Gasteiger partial charge in [-0.05, 0) is 35.7 Å². The molecule has 1 aromatic heterocycles. The lowest BCUT2D eigenvalue weighted by molar-refractivity contribution is 0.793. The van der Waals surface area contributed by atoms with Crippen molar-refractivity contribution in [3.63, 3.8) is 0 Å². The van der Waals surface area contributed by atoms with E-state index in [4.69, 9.17) is 11.6 Å². The lowest BCUT2D eigenvalue weighted by Gasteiger charge is -2.14. The topological polar surface area (TPSA) is 52.6 Å². The Kier molecular flexibility index (Phi) is 6.88. The predicted molar refractivity (Wildman–Crippen MR) is 102 cm³/mol. The lowest BCUT2D eigenvalue weighted by Crippen LogP contribution is -2.37. The molecule has 0 amide bonds. The first-order valence-corrected chi connectivity index (χ1v) is 8.28. The Labute approximate surface area is 148 Å². The van der Waals surface area contributed by atoms with Crippen molar-refractivity contribution in [3.8, 4) is 0 Å². The molecule has 0 unspecified atom stereocenters. The fourth-order valence-electron chi connectivity index (χ4n) is 2.24. The maximum atomic E-state index is 6.17. The van der Waals surface area contributed by atoms with Gasteiger partial charge >= 0.3 is 0 Å². The summed E-state index contributed by atoms with van der Waals surface area (Å²) in [7, 11) is 5.73. The van der Waals surface area contributed by atoms with E-state index in [2.05, 4.69) is 26.7 Å². The van der Waals surface area contributed by atoms with E-state index in [1.165, 1.54) is 0 Å². The van der Waals surface area contributed by atoms with Gasteiger partial charge in [0.05, 0.1) is 0 Å². The summed E-state index contributed by atoms with van der Waals surface area (Å²) in [5.41, 5.74) is 2.29. The number of nitrogens with zero attached hydrogens (tertiary/aromatic N) is 3. The Balaban J connectivity index is 1.82. The Morgan fingerprint density at radius 2 is 2.00 bits per heavy atom. The first kappa shape index (κ1) is 18.1. The zero-order chi connectivity index (χ0) is 17.4. The van der Waals surface area contributed by atoms with E-state index < -0.39 is 0 Å². The molecule has 5 nitrogen and oxygen atoms in total. The van der Waals surface area contributed by atoms with Gasteiger partial charge in [0.1, 0.15) is 5.82 Å². The van der Waals surface area contributed by atoms with Crippen molar-refractivity contribution >= 4 is 23.4 Å². The van der Waals surface area contributed by atoms with Crippen LogP contribution in [0.3, 0.4) is 0 Å². The van der Waals surface area contributed by atoms with Crippen molar-refractivity contribution in [2.24, 2.45) is 4.99 Å². The van der Waals surface area contributed by atoms with Crippen LogP contribution in [0.5, 0.6) is 0 Å². The molecule has 1 heterocycles. The van der Waals surface area contributed by atoms with Gasteiger partial charge in [-0.2, -0.15) is 0 Å². The normalized spacial score (nSPS) is 11.2. The minimum absolute atomic E-state index is 0.690. The van der Waals surface area contributed by atoms with Gasteiger partial charge in [-0.3, -0.25) is 4.99 Å². The van der Waals surface area contributed by atoms with Crippen molar-refractivity contribution in [1.29, 1.82) is 0 Å². The number of hydrogen-bond acceptors (Lipinski definition) is 3. The molecule has 0 aliphatic heterocycles. The molecule has 6 heteroatoms. The van der Waals surface area contributed by atoms with E-state index in [1.54, 1.807) is 7.05 Å². The number of halogens is 1. The fraction of sp³-hybridized carbons (Fsp3) is 0.333. The molecule has 0 aliphatic carbocycles. The van der Waals surface area contributed by atoms with Gasteiger partial charge in [-0.15, -0.1) is 0 Å². The second kappa shape index (κ2) is 9.13. The molecule has 2 N–H and O–H groups in total. The number of anilines is 1. The van der Waals surface area contributed by atoms with Gasteiger partial charge in [0.15, 0.2) is 5.96 Å². The second-order valence-electron chi connectivity index (χ2n) is 5.61. The van der Waals surface area contributed by atoms with Crippen LogP contribution >= 0.6 is 11.6 Å². The number of nitrogens with one attached hydrogen (secondary N) is 2. The zero-order valence-corrected chi connectivity index (χ0v) is 15.1. The van der Waals surface area contributed by atoms with E-state index in [0.717, 1.165) is 40.9 Å². The minimum atomic E-state index is 0.690. The van der Waals surface area contributed by atoms with Crippen LogP contribution < -0.4 is 15.5 Å². The minimum Gasteiger partial charge on any atom is -0.363 e. The molecule has 0 radical (unpaired) electrons. The molecule has 0 aliphatic rings. The average Bonchev–Trinajstić information content (AvgIpc) is 2.59. The van der Waals surface area contributed by atoms with Gasteiger partial charge in [0.2, 0.25) is 0 Å². The highest BCUT2D eigenvalue weighted by molar-refractivity contribution is 6.31. The molecule has 128 valence electrons. The molecule has 1 aromatic carbocycles. The van der Waals surface area contributed by atoms with Crippen molar-refractivity contribution in [1.82, 2.24) is 15.6 Å². The highest BCUT2D eigenvalue weighted by atomic mass is 35.5. The van der Waals surface area contributed by atoms with Crippen LogP contribution in [0.25, 0.3) is 0 Å². The van der Waals surface area contributed by atoms with Gasteiger partial charge in [-0.1, -0.05) is 29.8 Å². The Morgan fingerprint density at radius 1 is 1.21 bits per heavy atom. The first-order valence-electron chi connectivity index (χ1n) is 7.90. The Morgan fingerprint density at radius 3 is 2.71 bits per heavy atom. The van der Waals surface area contributed by atoms with Crippen molar-refractivity contribution in [2.45, 2.75) is 13.0 Å². The molecule has 0 atom stereocenters. The van der Waals surface area contributed by atoms with E-state index in [0.29, 0.717) is 6.54 Å². The third kappa shape index (κ3) is 5.42. The molecular formula is C18H24ClN5. The summed E-state index contributed by atoms with van der Waals surface area (Å²) in [6.45, 7) is 1.46. The van der Waals surface area contributed by atoms with Crippen LogP contribution in [-0.2, 0) is 13.0 Å². The Bertz CT molecular complexity index is 685. The average molecular weight is 346 g/mol. The predicted octanol–water partition coefficient (Wildman–Crippen LogP) is 2.71. The third-order valence-corrected chi connectivity index (χ3v) is 3.97. The first-order chi connectivity index (χ1) is 11.6. The van der Waals surface area contributed by atoms with Crippen molar-refractivity contribution < 1.29 is 0 Å². The van der Waals surface area contributed by atoms with Crippen molar-refractivity contribution in [3.05, 3.63) is 58.7 Å². The summed E-state index contributed by atoms with van der Waals surface area (Å²) >= 11 is 6.17. The molecule has 0 bridgehead atoms. The SMILES string of the molecule is CN=C(NCCc1ccccc1Cl)NCc1ccnc(N(C)C)c1. The van der Waals surface area contributed by atoms with Crippen LogP contribution in [0.2, 0.25) is 5.02 Å². The van der Waals surface area contributed by atoms with Crippen molar-refractivity contribution in [2.75, 3.05) is 32.6 Å². The summed E-state index contributed by atoms with van der Waals surface area (Å²) in [5, 5.41) is 7.42. The van der Waals surface area contributed by atoms with E-state index >= 15 is 0 Å². The van der Waals surface area contributed by atoms with Crippen LogP contribution in [-0.4, -0.2) is 38.6 Å². The van der Waals surface area contributed by atoms with Gasteiger partial charge in [0.25, 0.3) is 0 Å². The van der Waals surface area contributed by atoms with Crippen LogP contribution in [0, 0.1) is 0 Å². The van der Waals surface area contributed by atoms with Crippen LogP contribution in [0.1, 0.15) is 11.1 Å². The summed E-state index contributed by atoms with van der Waals surface area (Å²) < 4.78 is 0. The number of aliphatic imine (C=N–C) groups is 1. The van der Waals surface area contributed by atoms with E-state index in [9.17, 15) is 0 Å². The summed E-state index contributed by atoms with van der Waals surface area (Å²) in [6, 6.07) is 12.0. The zero-order valence-electron chi connectivity index (χ0n) is 14.4. The summed E-state index contributed by atoms with van der Waals surface area (Å²) in [4.78, 5) is 10.6. The number of benzene rings is 1. The molecular weight excluding hydrogens is 322 g/mol.